The second-order valence-corrected chi connectivity index (χ2v) is 8.03. The summed E-state index contributed by atoms with van der Waals surface area (Å²) in [6.45, 7) is 1.62. The summed E-state index contributed by atoms with van der Waals surface area (Å²) < 4.78 is 51.2. The van der Waals surface area contributed by atoms with Gasteiger partial charge in [-0.3, -0.25) is 9.40 Å². The van der Waals surface area contributed by atoms with Crippen LogP contribution in [0.5, 0.6) is 5.75 Å². The third-order valence-electron chi connectivity index (χ3n) is 4.55. The van der Waals surface area contributed by atoms with Gasteiger partial charge in [0.1, 0.15) is 23.7 Å². The molecule has 1 aliphatic rings. The van der Waals surface area contributed by atoms with Gasteiger partial charge in [0.25, 0.3) is 0 Å². The van der Waals surface area contributed by atoms with Crippen molar-refractivity contribution in [3.63, 3.8) is 0 Å². The number of ether oxygens (including phenoxy) is 1. The van der Waals surface area contributed by atoms with Gasteiger partial charge in [0.2, 0.25) is 0 Å². The largest absolute Gasteiger partial charge is 0.482 e. The average molecular weight is 429 g/mol. The molecule has 0 radical (unpaired) electrons. The maximum atomic E-state index is 13.9. The Morgan fingerprint density at radius 3 is 2.83 bits per heavy atom. The topological polar surface area (TPSA) is 148 Å². The highest BCUT2D eigenvalue weighted by Crippen LogP contribution is 2.37. The normalized spacial score (nSPS) is 16.9. The van der Waals surface area contributed by atoms with Crippen molar-refractivity contribution < 1.29 is 17.5 Å². The van der Waals surface area contributed by atoms with Gasteiger partial charge < -0.3 is 10.5 Å². The van der Waals surface area contributed by atoms with Crippen molar-refractivity contribution in [2.24, 2.45) is 7.05 Å². The lowest BCUT2D eigenvalue weighted by molar-refractivity contribution is 0.228. The minimum Gasteiger partial charge on any atom is -0.482 e. The summed E-state index contributed by atoms with van der Waals surface area (Å²) in [4.78, 5) is 4.10. The second kappa shape index (κ2) is 6.89. The number of hydrogen-bond donors (Lipinski definition) is 3. The smallest absolute Gasteiger partial charge is 0.322 e. The number of nitrogens with zero attached hydrogens (tertiary/aromatic N) is 4. The molecule has 1 aliphatic heterocycles. The maximum absolute atomic E-state index is 13.9. The molecule has 1 aromatic carbocycles. The fourth-order valence-electron chi connectivity index (χ4n) is 3.20. The van der Waals surface area contributed by atoms with E-state index in [1.54, 1.807) is 6.92 Å². The molecule has 12 heteroatoms. The van der Waals surface area contributed by atoms with Crippen LogP contribution >= 0.6 is 0 Å². The van der Waals surface area contributed by atoms with Crippen molar-refractivity contribution in [2.75, 3.05) is 15.2 Å². The number of fused-ring (bicyclic) bond motifs is 5. The molecule has 30 heavy (non-hydrogen) atoms. The van der Waals surface area contributed by atoms with E-state index >= 15 is 0 Å². The molecule has 3 heterocycles. The Balaban J connectivity index is 2.00. The molecule has 0 fully saturated rings. The molecular weight excluding hydrogens is 413 g/mol. The van der Waals surface area contributed by atoms with Crippen LogP contribution < -0.4 is 19.9 Å². The number of aryl methyl sites for hydroxylation is 1. The minimum atomic E-state index is -4.19. The number of hydrogen-bond acceptors (Lipinski definition) is 7. The molecule has 4 N–H and O–H groups in total. The molecule has 0 saturated carbocycles. The van der Waals surface area contributed by atoms with Gasteiger partial charge in [0, 0.05) is 24.4 Å². The summed E-state index contributed by atoms with van der Waals surface area (Å²) in [5, 5.41) is 13.7. The average Bonchev–Trinajstić information content (AvgIpc) is 2.98. The maximum Gasteiger partial charge on any atom is 0.322 e. The summed E-state index contributed by atoms with van der Waals surface area (Å²) in [7, 11) is -2.69. The number of benzene rings is 1. The highest BCUT2D eigenvalue weighted by Gasteiger charge is 2.26. The number of rotatable bonds is 0. The van der Waals surface area contributed by atoms with Crippen molar-refractivity contribution >= 4 is 27.5 Å². The number of halogens is 1. The van der Waals surface area contributed by atoms with E-state index in [1.165, 1.54) is 36.1 Å². The van der Waals surface area contributed by atoms with Crippen LogP contribution in [-0.4, -0.2) is 23.2 Å². The zero-order valence-corrected chi connectivity index (χ0v) is 16.7. The van der Waals surface area contributed by atoms with Gasteiger partial charge in [-0.05, 0) is 31.2 Å². The number of nitriles is 1. The molecule has 0 spiro atoms. The third kappa shape index (κ3) is 3.35. The van der Waals surface area contributed by atoms with Crippen molar-refractivity contribution in [2.45, 2.75) is 13.0 Å². The molecule has 0 amide bonds. The van der Waals surface area contributed by atoms with Gasteiger partial charge in [-0.25, -0.2) is 14.1 Å². The Morgan fingerprint density at radius 1 is 1.33 bits per heavy atom. The number of nitrogen functional groups attached to an aromatic ring is 1. The summed E-state index contributed by atoms with van der Waals surface area (Å²) in [5.74, 6) is -0.374. The number of nitrogens with one attached hydrogen (secondary N) is 2. The highest BCUT2D eigenvalue weighted by atomic mass is 32.2. The van der Waals surface area contributed by atoms with Crippen LogP contribution in [0.2, 0.25) is 0 Å². The predicted molar refractivity (Wildman–Crippen MR) is 107 cm³/mol. The van der Waals surface area contributed by atoms with Crippen LogP contribution in [0.15, 0.2) is 30.5 Å². The molecular formula is C18H16FN7O3S. The molecule has 0 saturated heterocycles. The predicted octanol–water partition coefficient (Wildman–Crippen LogP) is 2.30. The van der Waals surface area contributed by atoms with Crippen molar-refractivity contribution in [3.8, 4) is 22.9 Å². The Hall–Kier alpha value is -3.85. The zero-order chi connectivity index (χ0) is 21.6. The molecule has 1 unspecified atom stereocenters. The summed E-state index contributed by atoms with van der Waals surface area (Å²) >= 11 is 0. The Kier molecular flexibility index (Phi) is 4.47. The number of pyridine rings is 1. The quantitative estimate of drug-likeness (QED) is 0.496. The molecule has 2 aromatic heterocycles. The van der Waals surface area contributed by atoms with Crippen LogP contribution in [-0.2, 0) is 17.3 Å². The SMILES string of the molecule is CC1Oc2cc(cnc2N)-c2c(nn(C)c2C#N)NS(=O)(=O)Nc2ccc(F)cc21. The van der Waals surface area contributed by atoms with Crippen molar-refractivity contribution in [3.05, 3.63) is 47.5 Å². The lowest BCUT2D eigenvalue weighted by atomic mass is 10.1. The first-order chi connectivity index (χ1) is 14.2. The fourth-order valence-corrected chi connectivity index (χ4v) is 4.12. The van der Waals surface area contributed by atoms with Crippen LogP contribution in [0.25, 0.3) is 11.1 Å². The Morgan fingerprint density at radius 2 is 2.10 bits per heavy atom. The summed E-state index contributed by atoms with van der Waals surface area (Å²) in [6, 6.07) is 7.11. The van der Waals surface area contributed by atoms with E-state index in [4.69, 9.17) is 10.5 Å². The number of aromatic nitrogens is 3. The van der Waals surface area contributed by atoms with E-state index in [9.17, 15) is 18.1 Å². The molecule has 10 nitrogen and oxygen atoms in total. The second-order valence-electron chi connectivity index (χ2n) is 6.61. The number of nitrogens with two attached hydrogens (primary N) is 1. The van der Waals surface area contributed by atoms with E-state index in [-0.39, 0.29) is 39.9 Å². The third-order valence-corrected chi connectivity index (χ3v) is 5.50. The Labute approximate surface area is 171 Å². The van der Waals surface area contributed by atoms with Gasteiger partial charge in [-0.2, -0.15) is 18.8 Å². The molecule has 1 atom stereocenters. The number of anilines is 3. The standard InChI is InChI=1S/C18H16FN7O3S/c1-9-12-6-11(19)3-4-13(12)24-30(27,28)25-18-16(14(7-20)26(2)23-18)10-5-15(29-9)17(21)22-8-10/h3-6,8-9,24H,1-2H3,(H2,21,22)(H,23,25). The van der Waals surface area contributed by atoms with Crippen LogP contribution in [0.3, 0.4) is 0 Å². The first-order valence-electron chi connectivity index (χ1n) is 8.68. The first kappa shape index (κ1) is 19.5. The summed E-state index contributed by atoms with van der Waals surface area (Å²) in [5.41, 5.74) is 7.00. The molecule has 3 aromatic rings. The molecule has 0 aliphatic carbocycles. The van der Waals surface area contributed by atoms with Gasteiger partial charge >= 0.3 is 10.2 Å². The van der Waals surface area contributed by atoms with Gasteiger partial charge in [0.05, 0.1) is 11.3 Å². The van der Waals surface area contributed by atoms with E-state index in [1.807, 2.05) is 6.07 Å². The van der Waals surface area contributed by atoms with Gasteiger partial charge in [-0.1, -0.05) is 0 Å². The van der Waals surface area contributed by atoms with Crippen LogP contribution in [0.4, 0.5) is 21.7 Å². The van der Waals surface area contributed by atoms with Gasteiger partial charge in [-0.15, -0.1) is 0 Å². The minimum absolute atomic E-state index is 0.0816. The fraction of sp³-hybridized carbons (Fsp3) is 0.167. The van der Waals surface area contributed by atoms with E-state index in [0.29, 0.717) is 5.56 Å². The molecule has 154 valence electrons. The van der Waals surface area contributed by atoms with Crippen LogP contribution in [0.1, 0.15) is 24.3 Å². The Bertz CT molecular complexity index is 1310. The first-order valence-corrected chi connectivity index (χ1v) is 10.2. The highest BCUT2D eigenvalue weighted by molar-refractivity contribution is 7.94. The monoisotopic (exact) mass is 429 g/mol. The van der Waals surface area contributed by atoms with E-state index in [2.05, 4.69) is 19.5 Å². The zero-order valence-electron chi connectivity index (χ0n) is 15.8. The summed E-state index contributed by atoms with van der Waals surface area (Å²) in [6.07, 6.45) is 0.607. The van der Waals surface area contributed by atoms with Crippen molar-refractivity contribution in [1.29, 1.82) is 5.26 Å². The molecule has 4 rings (SSSR count). The lowest BCUT2D eigenvalue weighted by Gasteiger charge is -2.21. The lowest BCUT2D eigenvalue weighted by Crippen LogP contribution is -2.24. The van der Waals surface area contributed by atoms with E-state index < -0.39 is 22.1 Å². The molecule has 2 bridgehead atoms. The van der Waals surface area contributed by atoms with E-state index in [0.717, 1.165) is 6.07 Å². The van der Waals surface area contributed by atoms with Crippen LogP contribution in [0, 0.1) is 17.1 Å². The van der Waals surface area contributed by atoms with Gasteiger partial charge in [0.15, 0.2) is 17.4 Å². The van der Waals surface area contributed by atoms with Crippen molar-refractivity contribution in [1.82, 2.24) is 14.8 Å².